The molecule has 0 atom stereocenters. The summed E-state index contributed by atoms with van der Waals surface area (Å²) in [6.45, 7) is 14.2. The van der Waals surface area contributed by atoms with Crippen LogP contribution in [0.2, 0.25) is 0 Å². The average Bonchev–Trinajstić information content (AvgIpc) is 2.62. The monoisotopic (exact) mass is 295 g/mol. The number of hydrogen-bond donors (Lipinski definition) is 0. The third kappa shape index (κ3) is 2.61. The van der Waals surface area contributed by atoms with Gasteiger partial charge in [-0.3, -0.25) is 4.79 Å². The molecule has 0 N–H and O–H groups in total. The Morgan fingerprint density at radius 3 is 2.23 bits per heavy atom. The standard InChI is InChI=1S/C20H25NO/c1-12-8-14-15(16(11-21)18(22)19(3,4)5)10-20(6,7)17(14)9-13(12)2/h8-9H,10H2,1-7H3. The summed E-state index contributed by atoms with van der Waals surface area (Å²) >= 11 is 0. The van der Waals surface area contributed by atoms with Crippen molar-refractivity contribution in [2.45, 2.75) is 60.3 Å². The van der Waals surface area contributed by atoms with E-state index in [1.54, 1.807) is 0 Å². The van der Waals surface area contributed by atoms with Gasteiger partial charge in [0.25, 0.3) is 0 Å². The highest BCUT2D eigenvalue weighted by Crippen LogP contribution is 2.48. The molecule has 0 aliphatic heterocycles. The van der Waals surface area contributed by atoms with Crippen LogP contribution in [-0.2, 0) is 10.2 Å². The number of Topliss-reactive ketones (excluding diaryl/α,β-unsaturated/α-hetero) is 1. The van der Waals surface area contributed by atoms with Gasteiger partial charge in [0.05, 0.1) is 5.57 Å². The van der Waals surface area contributed by atoms with E-state index in [2.05, 4.69) is 45.9 Å². The van der Waals surface area contributed by atoms with Crippen molar-refractivity contribution in [1.29, 1.82) is 5.26 Å². The molecule has 0 radical (unpaired) electrons. The van der Waals surface area contributed by atoms with Crippen LogP contribution < -0.4 is 0 Å². The Kier molecular flexibility index (Phi) is 3.81. The molecular weight excluding hydrogens is 270 g/mol. The van der Waals surface area contributed by atoms with Crippen molar-refractivity contribution < 1.29 is 4.79 Å². The van der Waals surface area contributed by atoms with E-state index < -0.39 is 5.41 Å². The zero-order chi connectivity index (χ0) is 16.9. The number of carbonyl (C=O) groups is 1. The molecule has 2 nitrogen and oxygen atoms in total. The van der Waals surface area contributed by atoms with Crippen LogP contribution in [0.25, 0.3) is 5.57 Å². The van der Waals surface area contributed by atoms with Crippen molar-refractivity contribution in [1.82, 2.24) is 0 Å². The Morgan fingerprint density at radius 1 is 1.18 bits per heavy atom. The van der Waals surface area contributed by atoms with Gasteiger partial charge in [-0.1, -0.05) is 46.8 Å². The van der Waals surface area contributed by atoms with Crippen LogP contribution in [0.15, 0.2) is 17.7 Å². The van der Waals surface area contributed by atoms with Crippen molar-refractivity contribution in [3.8, 4) is 6.07 Å². The zero-order valence-electron chi connectivity index (χ0n) is 14.7. The summed E-state index contributed by atoms with van der Waals surface area (Å²) in [7, 11) is 0. The van der Waals surface area contributed by atoms with Gasteiger partial charge in [0.2, 0.25) is 0 Å². The minimum atomic E-state index is -0.537. The minimum absolute atomic E-state index is 0.0383. The third-order valence-corrected chi connectivity index (χ3v) is 4.63. The largest absolute Gasteiger partial charge is 0.293 e. The lowest BCUT2D eigenvalue weighted by Crippen LogP contribution is -2.22. The quantitative estimate of drug-likeness (QED) is 0.547. The van der Waals surface area contributed by atoms with Gasteiger partial charge in [0, 0.05) is 5.41 Å². The first-order chi connectivity index (χ1) is 9.99. The van der Waals surface area contributed by atoms with Crippen molar-refractivity contribution in [2.24, 2.45) is 5.41 Å². The van der Waals surface area contributed by atoms with Gasteiger partial charge in [-0.05, 0) is 53.5 Å². The highest BCUT2D eigenvalue weighted by molar-refractivity contribution is 6.09. The van der Waals surface area contributed by atoms with E-state index >= 15 is 0 Å². The normalized spacial score (nSPS) is 18.6. The predicted molar refractivity (Wildman–Crippen MR) is 90.6 cm³/mol. The molecule has 116 valence electrons. The Morgan fingerprint density at radius 2 is 1.73 bits per heavy atom. The van der Waals surface area contributed by atoms with E-state index in [1.165, 1.54) is 16.7 Å². The van der Waals surface area contributed by atoms with E-state index in [0.717, 1.165) is 17.6 Å². The Bertz CT molecular complexity index is 721. The van der Waals surface area contributed by atoms with Gasteiger partial charge in [0.1, 0.15) is 6.07 Å². The number of nitrogens with zero attached hydrogens (tertiary/aromatic N) is 1. The van der Waals surface area contributed by atoms with Crippen LogP contribution in [0.5, 0.6) is 0 Å². The first-order valence-electron chi connectivity index (χ1n) is 7.79. The lowest BCUT2D eigenvalue weighted by atomic mass is 9.83. The Labute approximate surface area is 133 Å². The van der Waals surface area contributed by atoms with Gasteiger partial charge < -0.3 is 0 Å². The first-order valence-corrected chi connectivity index (χ1v) is 7.79. The van der Waals surface area contributed by atoms with E-state index in [4.69, 9.17) is 0 Å². The summed E-state index contributed by atoms with van der Waals surface area (Å²) in [4.78, 5) is 12.7. The molecular formula is C20H25NO. The van der Waals surface area contributed by atoms with Gasteiger partial charge in [-0.2, -0.15) is 5.26 Å². The number of nitriles is 1. The van der Waals surface area contributed by atoms with E-state index in [1.807, 2.05) is 20.8 Å². The molecule has 1 aromatic carbocycles. The fraction of sp³-hybridized carbons (Fsp3) is 0.500. The molecule has 0 amide bonds. The van der Waals surface area contributed by atoms with Crippen molar-refractivity contribution in [3.63, 3.8) is 0 Å². The number of fused-ring (bicyclic) bond motifs is 1. The highest BCUT2D eigenvalue weighted by atomic mass is 16.1. The van der Waals surface area contributed by atoms with Crippen molar-refractivity contribution in [3.05, 3.63) is 40.0 Å². The molecule has 1 aliphatic carbocycles. The van der Waals surface area contributed by atoms with Gasteiger partial charge in [-0.25, -0.2) is 0 Å². The van der Waals surface area contributed by atoms with Crippen LogP contribution in [0.1, 0.15) is 63.3 Å². The molecule has 0 saturated heterocycles. The molecule has 0 heterocycles. The SMILES string of the molecule is Cc1cc2c(cc1C)C(C)(C)CC2=C(C#N)C(=O)C(C)(C)C. The van der Waals surface area contributed by atoms with Crippen LogP contribution in [0.4, 0.5) is 0 Å². The molecule has 1 aromatic rings. The summed E-state index contributed by atoms with van der Waals surface area (Å²) in [5.41, 5.74) is 5.48. The number of ketones is 1. The number of aryl methyl sites for hydroxylation is 2. The number of carbonyl (C=O) groups excluding carboxylic acids is 1. The van der Waals surface area contributed by atoms with Gasteiger partial charge in [-0.15, -0.1) is 0 Å². The first kappa shape index (κ1) is 16.5. The molecule has 0 saturated carbocycles. The summed E-state index contributed by atoms with van der Waals surface area (Å²) in [6, 6.07) is 6.55. The second-order valence-corrected chi connectivity index (χ2v) is 8.09. The molecule has 0 aromatic heterocycles. The van der Waals surface area contributed by atoms with Gasteiger partial charge >= 0.3 is 0 Å². The topological polar surface area (TPSA) is 40.9 Å². The van der Waals surface area contributed by atoms with Crippen molar-refractivity contribution in [2.75, 3.05) is 0 Å². The minimum Gasteiger partial charge on any atom is -0.293 e. The lowest BCUT2D eigenvalue weighted by molar-refractivity contribution is -0.122. The maximum Gasteiger partial charge on any atom is 0.178 e. The van der Waals surface area contributed by atoms with Crippen LogP contribution >= 0.6 is 0 Å². The number of rotatable bonds is 1. The summed E-state index contributed by atoms with van der Waals surface area (Å²) in [6.07, 6.45) is 0.746. The second kappa shape index (κ2) is 5.09. The molecule has 2 rings (SSSR count). The molecule has 0 unspecified atom stereocenters. The third-order valence-electron chi connectivity index (χ3n) is 4.63. The maximum absolute atomic E-state index is 12.7. The molecule has 22 heavy (non-hydrogen) atoms. The molecule has 0 spiro atoms. The highest BCUT2D eigenvalue weighted by Gasteiger charge is 2.38. The van der Waals surface area contributed by atoms with Crippen LogP contribution in [0.3, 0.4) is 0 Å². The predicted octanol–water partition coefficient (Wildman–Crippen LogP) is 4.88. The van der Waals surface area contributed by atoms with Crippen LogP contribution in [-0.4, -0.2) is 5.78 Å². The van der Waals surface area contributed by atoms with E-state index in [-0.39, 0.29) is 11.2 Å². The lowest BCUT2D eigenvalue weighted by Gasteiger charge is -2.19. The summed E-state index contributed by atoms with van der Waals surface area (Å²) < 4.78 is 0. The average molecular weight is 295 g/mol. The van der Waals surface area contributed by atoms with Gasteiger partial charge in [0.15, 0.2) is 5.78 Å². The van der Waals surface area contributed by atoms with Crippen LogP contribution in [0, 0.1) is 30.6 Å². The number of hydrogen-bond acceptors (Lipinski definition) is 2. The molecule has 1 aliphatic rings. The number of benzene rings is 1. The number of allylic oxidation sites excluding steroid dienone is 2. The molecule has 0 bridgehead atoms. The maximum atomic E-state index is 12.7. The second-order valence-electron chi connectivity index (χ2n) is 8.09. The zero-order valence-corrected chi connectivity index (χ0v) is 14.7. The molecule has 0 fully saturated rings. The summed E-state index contributed by atoms with van der Waals surface area (Å²) in [5, 5.41) is 9.61. The fourth-order valence-corrected chi connectivity index (χ4v) is 3.11. The fourth-order valence-electron chi connectivity index (χ4n) is 3.11. The van der Waals surface area contributed by atoms with E-state index in [9.17, 15) is 10.1 Å². The Balaban J connectivity index is 2.76. The molecule has 2 heteroatoms. The Hall–Kier alpha value is -1.88. The summed E-state index contributed by atoms with van der Waals surface area (Å²) in [5.74, 6) is -0.0631. The van der Waals surface area contributed by atoms with Crippen molar-refractivity contribution >= 4 is 11.4 Å². The van der Waals surface area contributed by atoms with E-state index in [0.29, 0.717) is 5.57 Å². The smallest absolute Gasteiger partial charge is 0.178 e.